The van der Waals surface area contributed by atoms with Gasteiger partial charge in [0.2, 0.25) is 0 Å². The van der Waals surface area contributed by atoms with Gasteiger partial charge < -0.3 is 10.1 Å². The number of aliphatic hydroxyl groups is 1. The van der Waals surface area contributed by atoms with E-state index in [2.05, 4.69) is 62.1 Å². The summed E-state index contributed by atoms with van der Waals surface area (Å²) in [5.41, 5.74) is 6.94. The molecule has 0 radical (unpaired) electrons. The zero-order valence-corrected chi connectivity index (χ0v) is 18.7. The highest BCUT2D eigenvalue weighted by Gasteiger charge is 2.31. The average molecular weight is 405 g/mol. The molecule has 160 valence electrons. The molecule has 3 nitrogen and oxygen atoms in total. The molecular weight excluding hydrogens is 368 g/mol. The van der Waals surface area contributed by atoms with Crippen molar-refractivity contribution < 1.29 is 5.11 Å². The number of aromatic amines is 1. The Bertz CT molecular complexity index is 886. The molecule has 1 saturated carbocycles. The number of imidazole rings is 1. The Morgan fingerprint density at radius 3 is 2.47 bits per heavy atom. The van der Waals surface area contributed by atoms with Gasteiger partial charge in [0, 0.05) is 5.57 Å². The highest BCUT2D eigenvalue weighted by molar-refractivity contribution is 5.69. The van der Waals surface area contributed by atoms with Gasteiger partial charge in [-0.15, -0.1) is 0 Å². The topological polar surface area (TPSA) is 48.9 Å². The number of benzene rings is 1. The molecule has 3 rings (SSSR count). The second kappa shape index (κ2) is 10.1. The van der Waals surface area contributed by atoms with Crippen LogP contribution in [0.3, 0.4) is 0 Å². The van der Waals surface area contributed by atoms with Crippen LogP contribution in [0.25, 0.3) is 17.7 Å². The predicted molar refractivity (Wildman–Crippen MR) is 128 cm³/mol. The molecule has 0 amide bonds. The van der Waals surface area contributed by atoms with Crippen LogP contribution >= 0.6 is 0 Å². The Morgan fingerprint density at radius 1 is 1.20 bits per heavy atom. The molecule has 0 spiro atoms. The van der Waals surface area contributed by atoms with E-state index in [1.165, 1.54) is 11.1 Å². The van der Waals surface area contributed by atoms with Gasteiger partial charge in [-0.2, -0.15) is 0 Å². The van der Waals surface area contributed by atoms with Gasteiger partial charge in [0.05, 0.1) is 24.3 Å². The SMILES string of the molecule is C=Cc1ccc(C2CCC(C(O)/C(=C(/C)C(C)CC)c3cnc[nH]3)CC2)cc1C=C. The number of nitrogens with one attached hydrogen (secondary N) is 1. The van der Waals surface area contributed by atoms with E-state index in [-0.39, 0.29) is 5.92 Å². The van der Waals surface area contributed by atoms with Crippen molar-refractivity contribution in [3.05, 3.63) is 71.8 Å². The van der Waals surface area contributed by atoms with Crippen LogP contribution in [0.15, 0.2) is 49.5 Å². The minimum atomic E-state index is -0.452. The summed E-state index contributed by atoms with van der Waals surface area (Å²) < 4.78 is 0. The molecule has 1 aromatic heterocycles. The molecule has 0 saturated heterocycles. The maximum absolute atomic E-state index is 11.4. The highest BCUT2D eigenvalue weighted by atomic mass is 16.3. The first-order chi connectivity index (χ1) is 14.5. The van der Waals surface area contributed by atoms with Crippen LogP contribution < -0.4 is 0 Å². The van der Waals surface area contributed by atoms with Crippen LogP contribution in [0, 0.1) is 11.8 Å². The molecule has 30 heavy (non-hydrogen) atoms. The lowest BCUT2D eigenvalue weighted by atomic mass is 9.74. The molecular formula is C27H36N2O. The zero-order chi connectivity index (χ0) is 21.7. The van der Waals surface area contributed by atoms with Crippen molar-refractivity contribution in [2.45, 2.75) is 64.9 Å². The first kappa shape index (κ1) is 22.3. The number of hydrogen-bond acceptors (Lipinski definition) is 2. The summed E-state index contributed by atoms with van der Waals surface area (Å²) in [6.07, 6.45) is 12.2. The minimum absolute atomic E-state index is 0.282. The van der Waals surface area contributed by atoms with Gasteiger partial charge in [-0.3, -0.25) is 0 Å². The third kappa shape index (κ3) is 4.67. The Balaban J connectivity index is 1.76. The van der Waals surface area contributed by atoms with Gasteiger partial charge in [-0.05, 0) is 73.5 Å². The fourth-order valence-corrected chi connectivity index (χ4v) is 4.79. The summed E-state index contributed by atoms with van der Waals surface area (Å²) in [6, 6.07) is 6.64. The van der Waals surface area contributed by atoms with E-state index >= 15 is 0 Å². The van der Waals surface area contributed by atoms with Crippen LogP contribution in [0.2, 0.25) is 0 Å². The Labute approximate surface area is 181 Å². The maximum atomic E-state index is 11.4. The number of hydrogen-bond donors (Lipinski definition) is 2. The Kier molecular flexibility index (Phi) is 7.49. The molecule has 1 aromatic carbocycles. The molecule has 2 N–H and O–H groups in total. The van der Waals surface area contributed by atoms with Gasteiger partial charge in [-0.25, -0.2) is 4.98 Å². The van der Waals surface area contributed by atoms with E-state index in [4.69, 9.17) is 0 Å². The van der Waals surface area contributed by atoms with Gasteiger partial charge in [0.25, 0.3) is 0 Å². The summed E-state index contributed by atoms with van der Waals surface area (Å²) in [4.78, 5) is 7.43. The molecule has 3 heteroatoms. The average Bonchev–Trinajstić information content (AvgIpc) is 3.32. The van der Waals surface area contributed by atoms with Crippen LogP contribution in [-0.4, -0.2) is 21.2 Å². The van der Waals surface area contributed by atoms with Gasteiger partial charge in [0.15, 0.2) is 0 Å². The van der Waals surface area contributed by atoms with E-state index < -0.39 is 6.10 Å². The first-order valence-corrected chi connectivity index (χ1v) is 11.3. The molecule has 2 unspecified atom stereocenters. The van der Waals surface area contributed by atoms with Crippen LogP contribution in [0.1, 0.15) is 81.2 Å². The van der Waals surface area contributed by atoms with Crippen molar-refractivity contribution in [1.82, 2.24) is 9.97 Å². The van der Waals surface area contributed by atoms with Crippen LogP contribution in [0.4, 0.5) is 0 Å². The molecule has 1 fully saturated rings. The van der Waals surface area contributed by atoms with Crippen molar-refractivity contribution in [1.29, 1.82) is 0 Å². The fraction of sp³-hybridized carbons (Fsp3) is 0.444. The summed E-state index contributed by atoms with van der Waals surface area (Å²) in [6.45, 7) is 14.4. The second-order valence-corrected chi connectivity index (χ2v) is 8.72. The molecule has 2 aromatic rings. The lowest BCUT2D eigenvalue weighted by molar-refractivity contribution is 0.126. The van der Waals surface area contributed by atoms with E-state index in [9.17, 15) is 5.11 Å². The van der Waals surface area contributed by atoms with Crippen molar-refractivity contribution in [2.24, 2.45) is 11.8 Å². The Hall–Kier alpha value is -2.39. The zero-order valence-electron chi connectivity index (χ0n) is 18.7. The Morgan fingerprint density at radius 2 is 1.90 bits per heavy atom. The highest BCUT2D eigenvalue weighted by Crippen LogP contribution is 2.41. The predicted octanol–water partition coefficient (Wildman–Crippen LogP) is 6.85. The molecule has 2 atom stereocenters. The number of rotatable bonds is 8. The standard InChI is InChI=1S/C27H36N2O/c1-6-18(4)19(5)26(25-16-28-17-29-25)27(30)23-12-10-22(11-13-23)24-14-9-20(7-2)21(8-3)15-24/h7-9,14-18,22-23,27,30H,2-3,6,10-13H2,1,4-5H3,(H,28,29)/b26-19-. The van der Waals surface area contributed by atoms with E-state index in [1.807, 2.05) is 18.3 Å². The molecule has 1 aliphatic carbocycles. The van der Waals surface area contributed by atoms with E-state index in [0.29, 0.717) is 11.8 Å². The smallest absolute Gasteiger partial charge is 0.0924 e. The number of allylic oxidation sites excluding steroid dienone is 1. The first-order valence-electron chi connectivity index (χ1n) is 11.3. The monoisotopic (exact) mass is 404 g/mol. The molecule has 1 aliphatic rings. The maximum Gasteiger partial charge on any atom is 0.0924 e. The largest absolute Gasteiger partial charge is 0.388 e. The number of H-pyrrole nitrogens is 1. The van der Waals surface area contributed by atoms with E-state index in [0.717, 1.165) is 54.5 Å². The number of aromatic nitrogens is 2. The van der Waals surface area contributed by atoms with Crippen LogP contribution in [-0.2, 0) is 0 Å². The fourth-order valence-electron chi connectivity index (χ4n) is 4.79. The van der Waals surface area contributed by atoms with Gasteiger partial charge in [0.1, 0.15) is 0 Å². The van der Waals surface area contributed by atoms with E-state index in [1.54, 1.807) is 6.33 Å². The van der Waals surface area contributed by atoms with Gasteiger partial charge >= 0.3 is 0 Å². The minimum Gasteiger partial charge on any atom is -0.388 e. The van der Waals surface area contributed by atoms with Crippen molar-refractivity contribution in [2.75, 3.05) is 0 Å². The molecule has 0 bridgehead atoms. The second-order valence-electron chi connectivity index (χ2n) is 8.72. The van der Waals surface area contributed by atoms with Gasteiger partial charge in [-0.1, -0.05) is 62.9 Å². The lowest BCUT2D eigenvalue weighted by Crippen LogP contribution is -2.27. The summed E-state index contributed by atoms with van der Waals surface area (Å²) in [5, 5.41) is 11.4. The quantitative estimate of drug-likeness (QED) is 0.505. The molecule has 1 heterocycles. The normalized spacial score (nSPS) is 22.1. The summed E-state index contributed by atoms with van der Waals surface area (Å²) >= 11 is 0. The molecule has 0 aliphatic heterocycles. The van der Waals surface area contributed by atoms with Crippen LogP contribution in [0.5, 0.6) is 0 Å². The summed E-state index contributed by atoms with van der Waals surface area (Å²) in [5.74, 6) is 1.26. The summed E-state index contributed by atoms with van der Waals surface area (Å²) in [7, 11) is 0. The third-order valence-corrected chi connectivity index (χ3v) is 7.10. The number of aliphatic hydroxyl groups excluding tert-OH is 1. The van der Waals surface area contributed by atoms with Crippen molar-refractivity contribution in [3.63, 3.8) is 0 Å². The van der Waals surface area contributed by atoms with Crippen molar-refractivity contribution >= 4 is 17.7 Å². The van der Waals surface area contributed by atoms with Crippen molar-refractivity contribution in [3.8, 4) is 0 Å². The number of nitrogens with zero attached hydrogens (tertiary/aromatic N) is 1. The lowest BCUT2D eigenvalue weighted by Gasteiger charge is -2.34. The third-order valence-electron chi connectivity index (χ3n) is 7.10.